The van der Waals surface area contributed by atoms with Gasteiger partial charge in [-0.05, 0) is 26.7 Å². The van der Waals surface area contributed by atoms with Crippen molar-refractivity contribution in [1.29, 1.82) is 0 Å². The number of hydrogen-bond donors (Lipinski definition) is 2. The second-order valence-corrected chi connectivity index (χ2v) is 4.88. The number of aromatic nitrogens is 3. The monoisotopic (exact) mass is 210 g/mol. The zero-order valence-corrected chi connectivity index (χ0v) is 9.27. The molecule has 0 atom stereocenters. The second kappa shape index (κ2) is 3.90. The first-order chi connectivity index (χ1) is 7.03. The number of aliphatic hydroxyl groups is 1. The highest BCUT2D eigenvalue weighted by Crippen LogP contribution is 2.18. The zero-order chi connectivity index (χ0) is 10.9. The van der Waals surface area contributed by atoms with Crippen molar-refractivity contribution in [2.75, 3.05) is 0 Å². The lowest BCUT2D eigenvalue weighted by atomic mass is 10.1. The van der Waals surface area contributed by atoms with E-state index in [4.69, 9.17) is 0 Å². The summed E-state index contributed by atoms with van der Waals surface area (Å²) in [5.74, 6) is 0. The lowest BCUT2D eigenvalue weighted by Gasteiger charge is -2.15. The minimum Gasteiger partial charge on any atom is -0.389 e. The topological polar surface area (TPSA) is 63.0 Å². The first-order valence-electron chi connectivity index (χ1n) is 5.38. The molecule has 1 saturated carbocycles. The maximum Gasteiger partial charge on any atom is 0.0964 e. The molecule has 1 aromatic heterocycles. The highest BCUT2D eigenvalue weighted by atomic mass is 16.3. The Morgan fingerprint density at radius 2 is 2.33 bits per heavy atom. The minimum atomic E-state index is -0.741. The molecule has 0 spiro atoms. The molecule has 0 amide bonds. The van der Waals surface area contributed by atoms with Gasteiger partial charge in [0.1, 0.15) is 0 Å². The third-order valence-corrected chi connectivity index (χ3v) is 2.28. The van der Waals surface area contributed by atoms with Gasteiger partial charge in [0.05, 0.1) is 17.8 Å². The summed E-state index contributed by atoms with van der Waals surface area (Å²) >= 11 is 0. The summed E-state index contributed by atoms with van der Waals surface area (Å²) in [6, 6.07) is 0.685. The van der Waals surface area contributed by atoms with Gasteiger partial charge in [-0.25, -0.2) is 4.68 Å². The first kappa shape index (κ1) is 10.6. The van der Waals surface area contributed by atoms with Gasteiger partial charge in [0.25, 0.3) is 0 Å². The fourth-order valence-electron chi connectivity index (χ4n) is 1.43. The zero-order valence-electron chi connectivity index (χ0n) is 9.27. The van der Waals surface area contributed by atoms with E-state index in [9.17, 15) is 5.11 Å². The van der Waals surface area contributed by atoms with E-state index < -0.39 is 5.60 Å². The molecule has 0 aromatic carbocycles. The smallest absolute Gasteiger partial charge is 0.0964 e. The average Bonchev–Trinajstić information content (AvgIpc) is 2.83. The summed E-state index contributed by atoms with van der Waals surface area (Å²) in [7, 11) is 0. The van der Waals surface area contributed by atoms with Crippen LogP contribution in [0, 0.1) is 0 Å². The van der Waals surface area contributed by atoms with E-state index in [1.54, 1.807) is 18.5 Å². The Morgan fingerprint density at radius 3 is 2.93 bits per heavy atom. The summed E-state index contributed by atoms with van der Waals surface area (Å²) in [6.07, 6.45) is 4.43. The van der Waals surface area contributed by atoms with Crippen molar-refractivity contribution >= 4 is 0 Å². The molecule has 0 bridgehead atoms. The molecule has 1 aliphatic rings. The fourth-order valence-corrected chi connectivity index (χ4v) is 1.43. The molecular weight excluding hydrogens is 192 g/mol. The van der Waals surface area contributed by atoms with Crippen molar-refractivity contribution in [2.45, 2.75) is 51.4 Å². The number of nitrogens with zero attached hydrogens (tertiary/aromatic N) is 3. The highest BCUT2D eigenvalue weighted by Gasteiger charge is 2.20. The molecule has 1 fully saturated rings. The van der Waals surface area contributed by atoms with Gasteiger partial charge < -0.3 is 10.4 Å². The second-order valence-electron chi connectivity index (χ2n) is 4.88. The van der Waals surface area contributed by atoms with Crippen LogP contribution in [0.15, 0.2) is 6.20 Å². The van der Waals surface area contributed by atoms with E-state index >= 15 is 0 Å². The Balaban J connectivity index is 1.85. The lowest BCUT2D eigenvalue weighted by Crippen LogP contribution is -2.26. The Hall–Kier alpha value is -0.940. The van der Waals surface area contributed by atoms with Crippen LogP contribution in [-0.4, -0.2) is 31.7 Å². The van der Waals surface area contributed by atoms with Gasteiger partial charge in [-0.2, -0.15) is 0 Å². The summed E-state index contributed by atoms with van der Waals surface area (Å²) in [5.41, 5.74) is 0.195. The molecule has 1 aliphatic carbocycles. The molecule has 84 valence electrons. The summed E-state index contributed by atoms with van der Waals surface area (Å²) in [5, 5.41) is 21.0. The summed E-state index contributed by atoms with van der Waals surface area (Å²) in [6.45, 7) is 4.77. The quantitative estimate of drug-likeness (QED) is 0.733. The molecule has 15 heavy (non-hydrogen) atoms. The van der Waals surface area contributed by atoms with Gasteiger partial charge in [0.15, 0.2) is 0 Å². The lowest BCUT2D eigenvalue weighted by molar-refractivity contribution is 0.0571. The fraction of sp³-hybridized carbons (Fsp3) is 0.800. The van der Waals surface area contributed by atoms with Crippen molar-refractivity contribution in [2.24, 2.45) is 0 Å². The van der Waals surface area contributed by atoms with Crippen molar-refractivity contribution < 1.29 is 5.11 Å². The number of rotatable bonds is 5. The Labute approximate surface area is 89.5 Å². The molecule has 0 unspecified atom stereocenters. The highest BCUT2D eigenvalue weighted by molar-refractivity contribution is 4.94. The van der Waals surface area contributed by atoms with Crippen molar-refractivity contribution in [1.82, 2.24) is 20.3 Å². The maximum absolute atomic E-state index is 9.60. The SMILES string of the molecule is CC(C)(O)Cn1cc(CNC2CC2)nn1. The maximum atomic E-state index is 9.60. The molecule has 5 heteroatoms. The average molecular weight is 210 g/mol. The van der Waals surface area contributed by atoms with Gasteiger partial charge in [0.2, 0.25) is 0 Å². The van der Waals surface area contributed by atoms with Crippen molar-refractivity contribution in [3.63, 3.8) is 0 Å². The van der Waals surface area contributed by atoms with Crippen molar-refractivity contribution in [3.05, 3.63) is 11.9 Å². The summed E-state index contributed by atoms with van der Waals surface area (Å²) < 4.78 is 1.68. The van der Waals surface area contributed by atoms with Gasteiger partial charge in [-0.15, -0.1) is 5.10 Å². The van der Waals surface area contributed by atoms with E-state index in [-0.39, 0.29) is 0 Å². The van der Waals surface area contributed by atoms with Crippen LogP contribution < -0.4 is 5.32 Å². The Bertz CT molecular complexity index is 324. The van der Waals surface area contributed by atoms with Crippen LogP contribution in [0.2, 0.25) is 0 Å². The normalized spacial score (nSPS) is 17.0. The van der Waals surface area contributed by atoms with E-state index in [0.29, 0.717) is 12.6 Å². The van der Waals surface area contributed by atoms with Gasteiger partial charge in [-0.3, -0.25) is 0 Å². The molecule has 1 heterocycles. The number of nitrogens with one attached hydrogen (secondary N) is 1. The number of hydrogen-bond acceptors (Lipinski definition) is 4. The van der Waals surface area contributed by atoms with Crippen LogP contribution in [-0.2, 0) is 13.1 Å². The molecule has 5 nitrogen and oxygen atoms in total. The van der Waals surface area contributed by atoms with Crippen LogP contribution in [0.25, 0.3) is 0 Å². The molecule has 0 aliphatic heterocycles. The van der Waals surface area contributed by atoms with E-state index in [1.807, 2.05) is 6.20 Å². The third kappa shape index (κ3) is 3.60. The summed E-state index contributed by atoms with van der Waals surface area (Å²) in [4.78, 5) is 0. The molecule has 2 N–H and O–H groups in total. The van der Waals surface area contributed by atoms with Crippen molar-refractivity contribution in [3.8, 4) is 0 Å². The third-order valence-electron chi connectivity index (χ3n) is 2.28. The van der Waals surface area contributed by atoms with E-state index in [2.05, 4.69) is 15.6 Å². The minimum absolute atomic E-state index is 0.476. The molecule has 0 saturated heterocycles. The van der Waals surface area contributed by atoms with Crippen LogP contribution in [0.1, 0.15) is 32.4 Å². The molecule has 2 rings (SSSR count). The van der Waals surface area contributed by atoms with Gasteiger partial charge >= 0.3 is 0 Å². The standard InChI is InChI=1S/C10H18N4O/c1-10(2,15)7-14-6-9(12-13-14)5-11-8-3-4-8/h6,8,11,15H,3-5,7H2,1-2H3. The van der Waals surface area contributed by atoms with Crippen LogP contribution >= 0.6 is 0 Å². The van der Waals surface area contributed by atoms with Crippen LogP contribution in [0.4, 0.5) is 0 Å². The van der Waals surface area contributed by atoms with Gasteiger partial charge in [-0.1, -0.05) is 5.21 Å². The molecular formula is C10H18N4O. The largest absolute Gasteiger partial charge is 0.389 e. The van der Waals surface area contributed by atoms with Gasteiger partial charge in [0, 0.05) is 18.8 Å². The van der Waals surface area contributed by atoms with Crippen LogP contribution in [0.5, 0.6) is 0 Å². The van der Waals surface area contributed by atoms with E-state index in [0.717, 1.165) is 12.2 Å². The Kier molecular flexibility index (Phi) is 2.75. The van der Waals surface area contributed by atoms with Crippen LogP contribution in [0.3, 0.4) is 0 Å². The molecule has 1 aromatic rings. The predicted octanol–water partition coefficient (Wildman–Crippen LogP) is 0.301. The first-order valence-corrected chi connectivity index (χ1v) is 5.38. The van der Waals surface area contributed by atoms with E-state index in [1.165, 1.54) is 12.8 Å². The predicted molar refractivity (Wildman–Crippen MR) is 56.2 cm³/mol. The Morgan fingerprint density at radius 1 is 1.60 bits per heavy atom. The molecule has 0 radical (unpaired) electrons.